The van der Waals surface area contributed by atoms with E-state index in [1.165, 1.54) is 18.4 Å². The van der Waals surface area contributed by atoms with E-state index in [2.05, 4.69) is 5.32 Å². The third-order valence-corrected chi connectivity index (χ3v) is 2.89. The summed E-state index contributed by atoms with van der Waals surface area (Å²) in [4.78, 5) is 21.9. The van der Waals surface area contributed by atoms with Gasteiger partial charge in [-0.1, -0.05) is 12.1 Å². The molecule has 0 saturated heterocycles. The molecule has 1 heterocycles. The molecule has 0 aromatic heterocycles. The summed E-state index contributed by atoms with van der Waals surface area (Å²) in [5, 5.41) is 3.05. The summed E-state index contributed by atoms with van der Waals surface area (Å²) >= 11 is 0. The summed E-state index contributed by atoms with van der Waals surface area (Å²) in [5.74, 6) is -0.485. The Morgan fingerprint density at radius 1 is 1.50 bits per heavy atom. The smallest absolute Gasteiger partial charge is 0.293 e. The van der Waals surface area contributed by atoms with E-state index in [0.29, 0.717) is 18.6 Å². The molecule has 1 N–H and O–H groups in total. The Labute approximate surface area is 115 Å². The standard InChI is InChI=1S/C14H14FNO4/c15-11-3-1-2-10(4-11)5-16-13(7-20-9-17)12-6-19-8-14(12)18/h1-4,6,9,13,16H,5,7-8H2. The normalized spacial score (nSPS) is 15.4. The second-order valence-electron chi connectivity index (χ2n) is 4.30. The fourth-order valence-electron chi connectivity index (χ4n) is 1.91. The van der Waals surface area contributed by atoms with E-state index in [4.69, 9.17) is 9.47 Å². The van der Waals surface area contributed by atoms with Gasteiger partial charge in [0.05, 0.1) is 17.9 Å². The molecule has 0 aliphatic carbocycles. The molecule has 1 atom stereocenters. The highest BCUT2D eigenvalue weighted by Crippen LogP contribution is 2.13. The van der Waals surface area contributed by atoms with Crippen LogP contribution in [0.25, 0.3) is 0 Å². The van der Waals surface area contributed by atoms with Gasteiger partial charge >= 0.3 is 0 Å². The van der Waals surface area contributed by atoms with Gasteiger partial charge < -0.3 is 14.8 Å². The number of rotatable bonds is 7. The largest absolute Gasteiger partial charge is 0.493 e. The van der Waals surface area contributed by atoms with Crippen LogP contribution >= 0.6 is 0 Å². The van der Waals surface area contributed by atoms with Crippen molar-refractivity contribution in [3.8, 4) is 0 Å². The lowest BCUT2D eigenvalue weighted by Crippen LogP contribution is -2.37. The minimum Gasteiger partial charge on any atom is -0.493 e. The van der Waals surface area contributed by atoms with Crippen LogP contribution in [0.1, 0.15) is 5.56 Å². The van der Waals surface area contributed by atoms with E-state index in [1.54, 1.807) is 12.1 Å². The zero-order valence-corrected chi connectivity index (χ0v) is 10.7. The Balaban J connectivity index is 2.00. The van der Waals surface area contributed by atoms with Crippen LogP contribution in [-0.2, 0) is 25.6 Å². The van der Waals surface area contributed by atoms with Crippen LogP contribution in [0.15, 0.2) is 36.1 Å². The van der Waals surface area contributed by atoms with Gasteiger partial charge in [-0.3, -0.25) is 9.59 Å². The summed E-state index contributed by atoms with van der Waals surface area (Å²) in [6.07, 6.45) is 1.36. The third kappa shape index (κ3) is 3.64. The highest BCUT2D eigenvalue weighted by Gasteiger charge is 2.25. The number of hydrogen-bond acceptors (Lipinski definition) is 5. The average Bonchev–Trinajstić information content (AvgIpc) is 2.85. The van der Waals surface area contributed by atoms with Crippen molar-refractivity contribution in [3.63, 3.8) is 0 Å². The predicted molar refractivity (Wildman–Crippen MR) is 68.1 cm³/mol. The molecule has 2 rings (SSSR count). The van der Waals surface area contributed by atoms with E-state index < -0.39 is 6.04 Å². The molecule has 20 heavy (non-hydrogen) atoms. The zero-order valence-electron chi connectivity index (χ0n) is 10.7. The van der Waals surface area contributed by atoms with E-state index in [-0.39, 0.29) is 24.8 Å². The van der Waals surface area contributed by atoms with Gasteiger partial charge in [-0.25, -0.2) is 4.39 Å². The molecule has 0 amide bonds. The first-order valence-corrected chi connectivity index (χ1v) is 6.08. The monoisotopic (exact) mass is 279 g/mol. The maximum Gasteiger partial charge on any atom is 0.293 e. The second kappa shape index (κ2) is 6.81. The van der Waals surface area contributed by atoms with Gasteiger partial charge in [0.2, 0.25) is 5.78 Å². The van der Waals surface area contributed by atoms with Crippen LogP contribution in [-0.4, -0.2) is 31.5 Å². The molecule has 1 aliphatic rings. The van der Waals surface area contributed by atoms with Crippen molar-refractivity contribution >= 4 is 12.3 Å². The van der Waals surface area contributed by atoms with Gasteiger partial charge in [-0.15, -0.1) is 0 Å². The van der Waals surface area contributed by atoms with E-state index in [9.17, 15) is 14.0 Å². The molecule has 0 fully saturated rings. The van der Waals surface area contributed by atoms with E-state index >= 15 is 0 Å². The first-order valence-electron chi connectivity index (χ1n) is 6.08. The van der Waals surface area contributed by atoms with Crippen molar-refractivity contribution in [1.82, 2.24) is 5.32 Å². The number of Topliss-reactive ketones (excluding diaryl/α,β-unsaturated/α-hetero) is 1. The summed E-state index contributed by atoms with van der Waals surface area (Å²) < 4.78 is 22.7. The molecule has 1 aliphatic heterocycles. The molecule has 6 heteroatoms. The fourth-order valence-corrected chi connectivity index (χ4v) is 1.91. The lowest BCUT2D eigenvalue weighted by molar-refractivity contribution is -0.129. The number of ketones is 1. The van der Waals surface area contributed by atoms with Gasteiger partial charge in [-0.05, 0) is 17.7 Å². The van der Waals surface area contributed by atoms with Gasteiger partial charge in [-0.2, -0.15) is 0 Å². The van der Waals surface area contributed by atoms with Crippen LogP contribution in [0.3, 0.4) is 0 Å². The zero-order chi connectivity index (χ0) is 14.4. The van der Waals surface area contributed by atoms with Crippen LogP contribution in [0, 0.1) is 5.82 Å². The topological polar surface area (TPSA) is 64.6 Å². The SMILES string of the molecule is O=COCC(NCc1cccc(F)c1)C1=COCC1=O. The van der Waals surface area contributed by atoms with Crippen LogP contribution in [0.4, 0.5) is 4.39 Å². The minimum atomic E-state index is -0.474. The van der Waals surface area contributed by atoms with Gasteiger partial charge in [0.25, 0.3) is 6.47 Å². The average molecular weight is 279 g/mol. The molecule has 0 spiro atoms. The quantitative estimate of drug-likeness (QED) is 0.753. The van der Waals surface area contributed by atoms with E-state index in [0.717, 1.165) is 5.56 Å². The maximum absolute atomic E-state index is 13.1. The number of nitrogens with one attached hydrogen (secondary N) is 1. The molecule has 5 nitrogen and oxygen atoms in total. The molecule has 1 aromatic carbocycles. The first-order chi connectivity index (χ1) is 9.70. The van der Waals surface area contributed by atoms with Crippen molar-refractivity contribution in [2.75, 3.05) is 13.2 Å². The predicted octanol–water partition coefficient (Wildman–Crippen LogP) is 0.940. The van der Waals surface area contributed by atoms with Crippen LogP contribution in [0.2, 0.25) is 0 Å². The summed E-state index contributed by atoms with van der Waals surface area (Å²) in [5.41, 5.74) is 1.15. The summed E-state index contributed by atoms with van der Waals surface area (Å²) in [6, 6.07) is 5.64. The Morgan fingerprint density at radius 3 is 3.00 bits per heavy atom. The molecule has 0 radical (unpaired) electrons. The van der Waals surface area contributed by atoms with E-state index in [1.807, 2.05) is 0 Å². The van der Waals surface area contributed by atoms with Gasteiger partial charge in [0.1, 0.15) is 12.4 Å². The molecule has 0 bridgehead atoms. The molecular weight excluding hydrogens is 265 g/mol. The summed E-state index contributed by atoms with van der Waals surface area (Å²) in [6.45, 7) is 0.668. The van der Waals surface area contributed by atoms with Gasteiger partial charge in [0.15, 0.2) is 6.61 Å². The van der Waals surface area contributed by atoms with Crippen LogP contribution in [0.5, 0.6) is 0 Å². The summed E-state index contributed by atoms with van der Waals surface area (Å²) in [7, 11) is 0. The Kier molecular flexibility index (Phi) is 4.84. The number of carbonyl (C=O) groups excluding carboxylic acids is 2. The number of hydrogen-bond donors (Lipinski definition) is 1. The third-order valence-electron chi connectivity index (χ3n) is 2.89. The van der Waals surface area contributed by atoms with Crippen molar-refractivity contribution in [2.24, 2.45) is 0 Å². The van der Waals surface area contributed by atoms with Crippen molar-refractivity contribution in [1.29, 1.82) is 0 Å². The number of benzene rings is 1. The first kappa shape index (κ1) is 14.2. The molecular formula is C14H14FNO4. The second-order valence-corrected chi connectivity index (χ2v) is 4.30. The Morgan fingerprint density at radius 2 is 2.35 bits per heavy atom. The van der Waals surface area contributed by atoms with Crippen LogP contribution < -0.4 is 5.32 Å². The van der Waals surface area contributed by atoms with Crippen molar-refractivity contribution in [3.05, 3.63) is 47.5 Å². The number of ether oxygens (including phenoxy) is 2. The highest BCUT2D eigenvalue weighted by atomic mass is 19.1. The van der Waals surface area contributed by atoms with Crippen molar-refractivity contribution < 1.29 is 23.5 Å². The molecule has 106 valence electrons. The lowest BCUT2D eigenvalue weighted by Gasteiger charge is -2.17. The maximum atomic E-state index is 13.1. The Hall–Kier alpha value is -2.21. The highest BCUT2D eigenvalue weighted by molar-refractivity contribution is 5.98. The fraction of sp³-hybridized carbons (Fsp3) is 0.286. The Bertz CT molecular complexity index is 530. The molecule has 1 aromatic rings. The number of carbonyl (C=O) groups is 2. The van der Waals surface area contributed by atoms with Crippen molar-refractivity contribution in [2.45, 2.75) is 12.6 Å². The molecule has 0 saturated carbocycles. The lowest BCUT2D eigenvalue weighted by atomic mass is 10.1. The minimum absolute atomic E-state index is 0.00539. The molecule has 1 unspecified atom stereocenters. The number of halogens is 1. The van der Waals surface area contributed by atoms with Gasteiger partial charge in [0, 0.05) is 6.54 Å².